The molecule has 0 aliphatic heterocycles. The number of rotatable bonds is 3. The van der Waals surface area contributed by atoms with Gasteiger partial charge < -0.3 is 0 Å². The number of alkyl halides is 1. The number of aromatic amines is 1. The van der Waals surface area contributed by atoms with Gasteiger partial charge in [-0.2, -0.15) is 0 Å². The van der Waals surface area contributed by atoms with Crippen LogP contribution in [-0.4, -0.2) is 16.2 Å². The Morgan fingerprint density at radius 2 is 2.00 bits per heavy atom. The molecular weight excluding hydrogens is 362 g/mol. The van der Waals surface area contributed by atoms with Gasteiger partial charge in [-0.25, -0.2) is 9.18 Å². The molecule has 120 valence electrons. The molecule has 0 amide bonds. The lowest BCUT2D eigenvalue weighted by Gasteiger charge is -2.05. The molecule has 0 aliphatic rings. The van der Waals surface area contributed by atoms with Gasteiger partial charge >= 0.3 is 5.69 Å². The smallest absolute Gasteiger partial charge is 0.298 e. The van der Waals surface area contributed by atoms with E-state index in [-0.39, 0.29) is 6.54 Å². The van der Waals surface area contributed by atoms with Crippen LogP contribution in [0.1, 0.15) is 4.88 Å². The molecule has 0 radical (unpaired) electrons. The summed E-state index contributed by atoms with van der Waals surface area (Å²) < 4.78 is 13.5. The zero-order valence-electron chi connectivity index (χ0n) is 12.0. The predicted octanol–water partition coefficient (Wildman–Crippen LogP) is 4.00. The molecule has 1 aromatic carbocycles. The van der Waals surface area contributed by atoms with Crippen LogP contribution in [-0.2, 0) is 6.54 Å². The highest BCUT2D eigenvalue weighted by atomic mass is 35.5. The summed E-state index contributed by atoms with van der Waals surface area (Å²) in [5.41, 5.74) is 0.283. The summed E-state index contributed by atoms with van der Waals surface area (Å²) in [6.45, 7) is 0.777. The van der Waals surface area contributed by atoms with E-state index in [0.29, 0.717) is 25.8 Å². The molecule has 2 heterocycles. The van der Waals surface area contributed by atoms with Crippen molar-refractivity contribution >= 4 is 44.8 Å². The van der Waals surface area contributed by atoms with Crippen molar-refractivity contribution in [1.29, 1.82) is 0 Å². The number of thiophene rings is 1. The van der Waals surface area contributed by atoms with Crippen molar-refractivity contribution in [2.75, 3.05) is 6.67 Å². The standard InChI is InChI=1S/C15H11Cl2FN2O2S/c1-7-11(8-2-3-9(16)10(17)6-8)12-13(23-7)19-15(22)20(5-4-18)14(12)21/h2-3,6H,4-5H2,1H3,(H,19,22). The van der Waals surface area contributed by atoms with Gasteiger partial charge in [0.25, 0.3) is 5.56 Å². The molecule has 2 aromatic heterocycles. The summed E-state index contributed by atoms with van der Waals surface area (Å²) in [5, 5.41) is 1.14. The van der Waals surface area contributed by atoms with Gasteiger partial charge in [0.05, 0.1) is 22.0 Å². The summed E-state index contributed by atoms with van der Waals surface area (Å²) in [6.07, 6.45) is 0. The van der Waals surface area contributed by atoms with Gasteiger partial charge in [0, 0.05) is 10.4 Å². The summed E-state index contributed by atoms with van der Waals surface area (Å²) in [6, 6.07) is 5.07. The van der Waals surface area contributed by atoms with Crippen LogP contribution >= 0.6 is 34.5 Å². The van der Waals surface area contributed by atoms with E-state index in [0.717, 1.165) is 15.0 Å². The second-order valence-electron chi connectivity index (χ2n) is 4.94. The quantitative estimate of drug-likeness (QED) is 0.755. The van der Waals surface area contributed by atoms with E-state index >= 15 is 0 Å². The second-order valence-corrected chi connectivity index (χ2v) is 6.98. The molecule has 3 rings (SSSR count). The summed E-state index contributed by atoms with van der Waals surface area (Å²) in [5.74, 6) is 0. The highest BCUT2D eigenvalue weighted by Crippen LogP contribution is 2.37. The van der Waals surface area contributed by atoms with Crippen LogP contribution in [0.15, 0.2) is 27.8 Å². The van der Waals surface area contributed by atoms with Gasteiger partial charge in [-0.15, -0.1) is 11.3 Å². The monoisotopic (exact) mass is 372 g/mol. The number of hydrogen-bond donors (Lipinski definition) is 1. The fourth-order valence-corrected chi connectivity index (χ4v) is 3.87. The Hall–Kier alpha value is -1.63. The lowest BCUT2D eigenvalue weighted by molar-refractivity contribution is 0.434. The minimum Gasteiger partial charge on any atom is -0.298 e. The third kappa shape index (κ3) is 2.71. The summed E-state index contributed by atoms with van der Waals surface area (Å²) in [7, 11) is 0. The van der Waals surface area contributed by atoms with E-state index in [1.54, 1.807) is 18.2 Å². The maximum atomic E-state index is 12.6. The van der Waals surface area contributed by atoms with Crippen molar-refractivity contribution in [2.24, 2.45) is 0 Å². The molecule has 0 unspecified atom stereocenters. The number of nitrogens with zero attached hydrogens (tertiary/aromatic N) is 1. The SMILES string of the molecule is Cc1sc2[nH]c(=O)n(CCF)c(=O)c2c1-c1ccc(Cl)c(Cl)c1. The number of H-pyrrole nitrogens is 1. The second kappa shape index (κ2) is 6.11. The topological polar surface area (TPSA) is 54.9 Å². The number of aryl methyl sites for hydroxylation is 1. The first kappa shape index (κ1) is 16.2. The Kier molecular flexibility index (Phi) is 4.31. The zero-order valence-corrected chi connectivity index (χ0v) is 14.3. The first-order chi connectivity index (χ1) is 10.9. The number of aromatic nitrogens is 2. The molecule has 0 aliphatic carbocycles. The van der Waals surface area contributed by atoms with Gasteiger partial charge in [-0.05, 0) is 24.6 Å². The molecule has 0 fully saturated rings. The van der Waals surface area contributed by atoms with Crippen LogP contribution in [0.4, 0.5) is 4.39 Å². The Morgan fingerprint density at radius 1 is 1.26 bits per heavy atom. The van der Waals surface area contributed by atoms with Crippen molar-refractivity contribution in [3.63, 3.8) is 0 Å². The van der Waals surface area contributed by atoms with Crippen molar-refractivity contribution < 1.29 is 4.39 Å². The normalized spacial score (nSPS) is 11.3. The highest BCUT2D eigenvalue weighted by molar-refractivity contribution is 7.19. The molecule has 0 saturated heterocycles. The van der Waals surface area contributed by atoms with Crippen LogP contribution in [0.25, 0.3) is 21.3 Å². The van der Waals surface area contributed by atoms with Crippen molar-refractivity contribution in [2.45, 2.75) is 13.5 Å². The number of fused-ring (bicyclic) bond motifs is 1. The zero-order chi connectivity index (χ0) is 16.7. The minimum atomic E-state index is -0.792. The van der Waals surface area contributed by atoms with E-state index in [4.69, 9.17) is 23.2 Å². The van der Waals surface area contributed by atoms with Crippen molar-refractivity contribution in [3.05, 3.63) is 54.0 Å². The van der Waals surface area contributed by atoms with E-state index in [2.05, 4.69) is 4.98 Å². The third-order valence-electron chi connectivity index (χ3n) is 3.53. The predicted molar refractivity (Wildman–Crippen MR) is 92.9 cm³/mol. The number of nitrogens with one attached hydrogen (secondary N) is 1. The fraction of sp³-hybridized carbons (Fsp3) is 0.200. The first-order valence-electron chi connectivity index (χ1n) is 6.71. The lowest BCUT2D eigenvalue weighted by Crippen LogP contribution is -2.35. The van der Waals surface area contributed by atoms with Gasteiger partial charge in [0.2, 0.25) is 0 Å². The molecular formula is C15H11Cl2FN2O2S. The van der Waals surface area contributed by atoms with Crippen LogP contribution in [0, 0.1) is 6.92 Å². The van der Waals surface area contributed by atoms with E-state index < -0.39 is 17.9 Å². The molecule has 4 nitrogen and oxygen atoms in total. The Labute approximate surface area is 144 Å². The summed E-state index contributed by atoms with van der Waals surface area (Å²) >= 11 is 13.3. The molecule has 8 heteroatoms. The Bertz CT molecular complexity index is 1020. The fourth-order valence-electron chi connectivity index (χ4n) is 2.52. The highest BCUT2D eigenvalue weighted by Gasteiger charge is 2.18. The van der Waals surface area contributed by atoms with E-state index in [1.807, 2.05) is 6.92 Å². The van der Waals surface area contributed by atoms with Gasteiger partial charge in [-0.1, -0.05) is 29.3 Å². The lowest BCUT2D eigenvalue weighted by atomic mass is 10.0. The van der Waals surface area contributed by atoms with Gasteiger partial charge in [0.1, 0.15) is 11.5 Å². The van der Waals surface area contributed by atoms with Crippen LogP contribution in [0.5, 0.6) is 0 Å². The average molecular weight is 373 g/mol. The van der Waals surface area contributed by atoms with Crippen LogP contribution in [0.2, 0.25) is 10.0 Å². The Balaban J connectivity index is 2.39. The number of hydrogen-bond acceptors (Lipinski definition) is 3. The average Bonchev–Trinajstić information content (AvgIpc) is 2.82. The van der Waals surface area contributed by atoms with Crippen molar-refractivity contribution in [3.8, 4) is 11.1 Å². The van der Waals surface area contributed by atoms with Crippen molar-refractivity contribution in [1.82, 2.24) is 9.55 Å². The molecule has 23 heavy (non-hydrogen) atoms. The Morgan fingerprint density at radius 3 is 2.65 bits per heavy atom. The largest absolute Gasteiger partial charge is 0.329 e. The minimum absolute atomic E-state index is 0.278. The number of halogens is 3. The molecule has 0 bridgehead atoms. The van der Waals surface area contributed by atoms with Gasteiger partial charge in [-0.3, -0.25) is 14.3 Å². The molecule has 3 aromatic rings. The van der Waals surface area contributed by atoms with E-state index in [1.165, 1.54) is 11.3 Å². The van der Waals surface area contributed by atoms with Crippen LogP contribution in [0.3, 0.4) is 0 Å². The maximum absolute atomic E-state index is 12.6. The number of benzene rings is 1. The van der Waals surface area contributed by atoms with E-state index in [9.17, 15) is 14.0 Å². The molecule has 0 spiro atoms. The third-order valence-corrected chi connectivity index (χ3v) is 5.28. The maximum Gasteiger partial charge on any atom is 0.329 e. The van der Waals surface area contributed by atoms with Crippen LogP contribution < -0.4 is 11.2 Å². The molecule has 0 atom stereocenters. The molecule has 1 N–H and O–H groups in total. The van der Waals surface area contributed by atoms with Gasteiger partial charge in [0.15, 0.2) is 0 Å². The summed E-state index contributed by atoms with van der Waals surface area (Å²) in [4.78, 5) is 28.5. The molecule has 0 saturated carbocycles. The first-order valence-corrected chi connectivity index (χ1v) is 8.29.